The smallest absolute Gasteiger partial charge is 0.204 e. The van der Waals surface area contributed by atoms with E-state index in [2.05, 4.69) is 4.98 Å². The number of ketones is 1. The van der Waals surface area contributed by atoms with Crippen LogP contribution in [-0.2, 0) is 4.74 Å². The van der Waals surface area contributed by atoms with E-state index in [-0.39, 0.29) is 12.4 Å². The molecule has 1 N–H and O–H groups in total. The van der Waals surface area contributed by atoms with E-state index in [1.807, 2.05) is 12.1 Å². The molecule has 0 bridgehead atoms. The van der Waals surface area contributed by atoms with Gasteiger partial charge in [-0.3, -0.25) is 4.79 Å². The summed E-state index contributed by atoms with van der Waals surface area (Å²) >= 11 is 5.85. The maximum atomic E-state index is 11.5. The van der Waals surface area contributed by atoms with Gasteiger partial charge in [-0.1, -0.05) is 11.6 Å². The highest BCUT2D eigenvalue weighted by atomic mass is 35.5. The van der Waals surface area contributed by atoms with Crippen LogP contribution in [0.5, 0.6) is 0 Å². The lowest BCUT2D eigenvalue weighted by Crippen LogP contribution is -2.06. The molecule has 0 spiro atoms. The largest absolute Gasteiger partial charge is 0.376 e. The van der Waals surface area contributed by atoms with Crippen LogP contribution < -0.4 is 0 Å². The predicted molar refractivity (Wildman–Crippen MR) is 59.5 cm³/mol. The van der Waals surface area contributed by atoms with Gasteiger partial charge in [0.15, 0.2) is 0 Å². The third-order valence-electron chi connectivity index (χ3n) is 2.16. The number of carbonyl (C=O) groups excluding carboxylic acids is 1. The molecule has 1 aromatic carbocycles. The van der Waals surface area contributed by atoms with Gasteiger partial charge in [0, 0.05) is 23.0 Å². The van der Waals surface area contributed by atoms with Gasteiger partial charge in [0.25, 0.3) is 0 Å². The first-order valence-corrected chi connectivity index (χ1v) is 4.89. The van der Waals surface area contributed by atoms with Gasteiger partial charge < -0.3 is 9.72 Å². The predicted octanol–water partition coefficient (Wildman–Crippen LogP) is 2.65. The molecule has 0 atom stereocenters. The highest BCUT2D eigenvalue weighted by Crippen LogP contribution is 2.20. The highest BCUT2D eigenvalue weighted by Gasteiger charge is 2.08. The molecule has 0 radical (unpaired) electrons. The van der Waals surface area contributed by atoms with Crippen LogP contribution in [-0.4, -0.2) is 24.5 Å². The molecular weight excluding hydrogens is 214 g/mol. The standard InChI is InChI=1S/C11H10ClNO2/c1-15-6-11(14)10-5-7-4-8(12)2-3-9(7)13-10/h2-5,13H,6H2,1H3. The summed E-state index contributed by atoms with van der Waals surface area (Å²) in [5.74, 6) is -0.0650. The van der Waals surface area contributed by atoms with Crippen LogP contribution in [0.4, 0.5) is 0 Å². The zero-order valence-corrected chi connectivity index (χ0v) is 8.97. The van der Waals surface area contributed by atoms with Crippen molar-refractivity contribution in [3.05, 3.63) is 35.0 Å². The van der Waals surface area contributed by atoms with Crippen molar-refractivity contribution >= 4 is 28.3 Å². The Kier molecular flexibility index (Phi) is 2.75. The molecular formula is C11H10ClNO2. The van der Waals surface area contributed by atoms with Crippen LogP contribution in [0.1, 0.15) is 10.5 Å². The zero-order chi connectivity index (χ0) is 10.8. The Morgan fingerprint density at radius 3 is 3.00 bits per heavy atom. The molecule has 0 aliphatic carbocycles. The minimum atomic E-state index is -0.0650. The van der Waals surface area contributed by atoms with E-state index in [1.54, 1.807) is 12.1 Å². The Morgan fingerprint density at radius 1 is 1.47 bits per heavy atom. The Labute approximate surface area is 92.0 Å². The number of methoxy groups -OCH3 is 1. The number of ether oxygens (including phenoxy) is 1. The molecule has 0 saturated carbocycles. The number of aromatic amines is 1. The van der Waals surface area contributed by atoms with Crippen LogP contribution in [0.25, 0.3) is 10.9 Å². The van der Waals surface area contributed by atoms with Gasteiger partial charge in [-0.25, -0.2) is 0 Å². The van der Waals surface area contributed by atoms with E-state index in [1.165, 1.54) is 7.11 Å². The van der Waals surface area contributed by atoms with Crippen LogP contribution in [0.15, 0.2) is 24.3 Å². The van der Waals surface area contributed by atoms with Crippen LogP contribution in [0.3, 0.4) is 0 Å². The Morgan fingerprint density at radius 2 is 2.27 bits per heavy atom. The molecule has 15 heavy (non-hydrogen) atoms. The molecule has 0 fully saturated rings. The van der Waals surface area contributed by atoms with Crippen molar-refractivity contribution in [2.75, 3.05) is 13.7 Å². The number of fused-ring (bicyclic) bond motifs is 1. The summed E-state index contributed by atoms with van der Waals surface area (Å²) < 4.78 is 4.78. The minimum Gasteiger partial charge on any atom is -0.376 e. The topological polar surface area (TPSA) is 42.1 Å². The summed E-state index contributed by atoms with van der Waals surface area (Å²) in [6.07, 6.45) is 0. The first kappa shape index (κ1) is 10.2. The van der Waals surface area contributed by atoms with E-state index in [4.69, 9.17) is 16.3 Å². The van der Waals surface area contributed by atoms with Gasteiger partial charge in [0.1, 0.15) is 6.61 Å². The normalized spacial score (nSPS) is 10.8. The minimum absolute atomic E-state index is 0.0650. The summed E-state index contributed by atoms with van der Waals surface area (Å²) in [5, 5.41) is 1.59. The highest BCUT2D eigenvalue weighted by molar-refractivity contribution is 6.31. The fourth-order valence-corrected chi connectivity index (χ4v) is 1.64. The van der Waals surface area contributed by atoms with Crippen molar-refractivity contribution in [2.45, 2.75) is 0 Å². The van der Waals surface area contributed by atoms with Gasteiger partial charge in [0.05, 0.1) is 5.69 Å². The lowest BCUT2D eigenvalue weighted by molar-refractivity contribution is 0.0844. The van der Waals surface area contributed by atoms with E-state index >= 15 is 0 Å². The van der Waals surface area contributed by atoms with Gasteiger partial charge in [-0.2, -0.15) is 0 Å². The number of aromatic nitrogens is 1. The summed E-state index contributed by atoms with van der Waals surface area (Å²) in [7, 11) is 1.50. The molecule has 0 unspecified atom stereocenters. The third-order valence-corrected chi connectivity index (χ3v) is 2.39. The molecule has 0 aliphatic rings. The Bertz CT molecular complexity index is 504. The Balaban J connectivity index is 2.42. The van der Waals surface area contributed by atoms with Crippen molar-refractivity contribution < 1.29 is 9.53 Å². The van der Waals surface area contributed by atoms with Crippen molar-refractivity contribution in [1.29, 1.82) is 0 Å². The number of hydrogen-bond acceptors (Lipinski definition) is 2. The SMILES string of the molecule is COCC(=O)c1cc2cc(Cl)ccc2[nH]1. The van der Waals surface area contributed by atoms with Crippen LogP contribution >= 0.6 is 11.6 Å². The second-order valence-electron chi connectivity index (χ2n) is 3.27. The summed E-state index contributed by atoms with van der Waals surface area (Å²) in [5.41, 5.74) is 1.45. The molecule has 0 amide bonds. The molecule has 1 heterocycles. The number of H-pyrrole nitrogens is 1. The average Bonchev–Trinajstić information content (AvgIpc) is 2.60. The molecule has 1 aromatic heterocycles. The van der Waals surface area contributed by atoms with Crippen molar-refractivity contribution in [3.63, 3.8) is 0 Å². The Hall–Kier alpha value is -1.32. The van der Waals surface area contributed by atoms with Crippen molar-refractivity contribution in [2.24, 2.45) is 0 Å². The molecule has 0 saturated heterocycles. The lowest BCUT2D eigenvalue weighted by Gasteiger charge is -1.93. The average molecular weight is 224 g/mol. The summed E-state index contributed by atoms with van der Waals surface area (Å²) in [6, 6.07) is 7.23. The monoisotopic (exact) mass is 223 g/mol. The maximum absolute atomic E-state index is 11.5. The number of benzene rings is 1. The first-order valence-electron chi connectivity index (χ1n) is 4.51. The first-order chi connectivity index (χ1) is 7.20. The quantitative estimate of drug-likeness (QED) is 0.813. The second-order valence-corrected chi connectivity index (χ2v) is 3.71. The second kappa shape index (κ2) is 4.04. The van der Waals surface area contributed by atoms with Crippen LogP contribution in [0, 0.1) is 0 Å². The van der Waals surface area contributed by atoms with E-state index in [0.29, 0.717) is 10.7 Å². The number of halogens is 1. The molecule has 78 valence electrons. The van der Waals surface area contributed by atoms with E-state index < -0.39 is 0 Å². The zero-order valence-electron chi connectivity index (χ0n) is 8.21. The van der Waals surface area contributed by atoms with Crippen molar-refractivity contribution in [3.8, 4) is 0 Å². The number of carbonyl (C=O) groups is 1. The van der Waals surface area contributed by atoms with Gasteiger partial charge in [-0.05, 0) is 24.3 Å². The van der Waals surface area contributed by atoms with E-state index in [9.17, 15) is 4.79 Å². The number of hydrogen-bond donors (Lipinski definition) is 1. The number of Topliss-reactive ketones (excluding diaryl/α,β-unsaturated/α-hetero) is 1. The molecule has 0 aliphatic heterocycles. The van der Waals surface area contributed by atoms with Crippen LogP contribution in [0.2, 0.25) is 5.02 Å². The molecule has 4 heteroatoms. The lowest BCUT2D eigenvalue weighted by atomic mass is 10.2. The summed E-state index contributed by atoms with van der Waals surface area (Å²) in [4.78, 5) is 14.5. The molecule has 3 nitrogen and oxygen atoms in total. The number of rotatable bonds is 3. The van der Waals surface area contributed by atoms with Gasteiger partial charge in [-0.15, -0.1) is 0 Å². The summed E-state index contributed by atoms with van der Waals surface area (Å²) in [6.45, 7) is 0.0839. The molecule has 2 aromatic rings. The number of nitrogens with one attached hydrogen (secondary N) is 1. The fourth-order valence-electron chi connectivity index (χ4n) is 1.46. The molecule has 2 rings (SSSR count). The van der Waals surface area contributed by atoms with E-state index in [0.717, 1.165) is 10.9 Å². The van der Waals surface area contributed by atoms with Gasteiger partial charge >= 0.3 is 0 Å². The third kappa shape index (κ3) is 2.03. The fraction of sp³-hybridized carbons (Fsp3) is 0.182. The van der Waals surface area contributed by atoms with Gasteiger partial charge in [0.2, 0.25) is 5.78 Å². The van der Waals surface area contributed by atoms with Crippen molar-refractivity contribution in [1.82, 2.24) is 4.98 Å². The maximum Gasteiger partial charge on any atom is 0.204 e.